The Morgan fingerprint density at radius 3 is 2.81 bits per heavy atom. The summed E-state index contributed by atoms with van der Waals surface area (Å²) in [4.78, 5) is 30.5. The van der Waals surface area contributed by atoms with Crippen LogP contribution in [0.25, 0.3) is 0 Å². The predicted molar refractivity (Wildman–Crippen MR) is 101 cm³/mol. The average Bonchev–Trinajstić information content (AvgIpc) is 3.40. The van der Waals surface area contributed by atoms with E-state index >= 15 is 0 Å². The topological polar surface area (TPSA) is 60.9 Å². The molecule has 1 fully saturated rings. The Hall–Kier alpha value is -2.18. The predicted octanol–water partition coefficient (Wildman–Crippen LogP) is 2.40. The molecule has 0 spiro atoms. The maximum atomic E-state index is 13.2. The van der Waals surface area contributed by atoms with Crippen LogP contribution in [-0.4, -0.2) is 47.6 Å². The van der Waals surface area contributed by atoms with Crippen LogP contribution in [0.1, 0.15) is 29.2 Å². The smallest absolute Gasteiger partial charge is 0.249 e. The Labute approximate surface area is 156 Å². The molecule has 26 heavy (non-hydrogen) atoms. The number of hydrogen-bond donors (Lipinski definition) is 1. The Balaban J connectivity index is 1.53. The van der Waals surface area contributed by atoms with Crippen molar-refractivity contribution in [3.63, 3.8) is 0 Å². The van der Waals surface area contributed by atoms with Crippen LogP contribution in [-0.2, 0) is 16.0 Å². The van der Waals surface area contributed by atoms with E-state index in [9.17, 15) is 14.7 Å². The van der Waals surface area contributed by atoms with Gasteiger partial charge in [-0.05, 0) is 35.9 Å². The Kier molecular flexibility index (Phi) is 4.78. The number of thiophene rings is 1. The molecule has 3 heterocycles. The lowest BCUT2D eigenvalue weighted by atomic mass is 10.0. The van der Waals surface area contributed by atoms with E-state index in [1.165, 1.54) is 0 Å². The van der Waals surface area contributed by atoms with Gasteiger partial charge in [0.25, 0.3) is 0 Å². The van der Waals surface area contributed by atoms with Gasteiger partial charge in [-0.1, -0.05) is 24.3 Å². The second-order valence-electron chi connectivity index (χ2n) is 6.89. The second-order valence-corrected chi connectivity index (χ2v) is 7.92. The summed E-state index contributed by atoms with van der Waals surface area (Å²) in [6.07, 6.45) is 1.92. The Bertz CT molecular complexity index is 805. The largest absolute Gasteiger partial charge is 0.396 e. The summed E-state index contributed by atoms with van der Waals surface area (Å²) in [5, 5.41) is 11.6. The molecule has 5 nitrogen and oxygen atoms in total. The van der Waals surface area contributed by atoms with E-state index in [0.29, 0.717) is 25.9 Å². The summed E-state index contributed by atoms with van der Waals surface area (Å²) in [6.45, 7) is 1.14. The fourth-order valence-electron chi connectivity index (χ4n) is 4.03. The van der Waals surface area contributed by atoms with Crippen molar-refractivity contribution >= 4 is 28.8 Å². The normalized spacial score (nSPS) is 21.9. The van der Waals surface area contributed by atoms with Gasteiger partial charge in [-0.3, -0.25) is 9.59 Å². The molecular formula is C20H22N2O3S. The van der Waals surface area contributed by atoms with Crippen LogP contribution >= 0.6 is 11.3 Å². The van der Waals surface area contributed by atoms with E-state index in [0.717, 1.165) is 22.5 Å². The van der Waals surface area contributed by atoms with Crippen LogP contribution in [0.2, 0.25) is 0 Å². The number of anilines is 1. The molecule has 2 aliphatic rings. The van der Waals surface area contributed by atoms with E-state index < -0.39 is 6.04 Å². The molecule has 0 radical (unpaired) electrons. The molecule has 6 heteroatoms. The molecule has 1 N–H and O–H groups in total. The van der Waals surface area contributed by atoms with Crippen LogP contribution in [0.15, 0.2) is 41.8 Å². The number of aliphatic hydroxyl groups is 1. The third-order valence-corrected chi connectivity index (χ3v) is 6.20. The van der Waals surface area contributed by atoms with E-state index in [1.807, 2.05) is 41.8 Å². The number of aliphatic hydroxyl groups excluding tert-OH is 1. The molecule has 136 valence electrons. The van der Waals surface area contributed by atoms with Crippen LogP contribution in [0.4, 0.5) is 5.69 Å². The van der Waals surface area contributed by atoms with Gasteiger partial charge in [0.05, 0.1) is 13.0 Å². The minimum atomic E-state index is -0.395. The molecule has 0 bridgehead atoms. The van der Waals surface area contributed by atoms with Crippen LogP contribution in [0, 0.1) is 0 Å². The number of nitrogens with zero attached hydrogens (tertiary/aromatic N) is 2. The van der Waals surface area contributed by atoms with E-state index in [1.54, 1.807) is 21.1 Å². The molecule has 2 unspecified atom stereocenters. The highest BCUT2D eigenvalue weighted by Crippen LogP contribution is 2.37. The van der Waals surface area contributed by atoms with Gasteiger partial charge in [0.1, 0.15) is 6.04 Å². The van der Waals surface area contributed by atoms with E-state index in [-0.39, 0.29) is 24.3 Å². The van der Waals surface area contributed by atoms with Gasteiger partial charge in [-0.25, -0.2) is 0 Å². The van der Waals surface area contributed by atoms with Gasteiger partial charge in [0, 0.05) is 29.6 Å². The zero-order valence-electron chi connectivity index (χ0n) is 14.5. The summed E-state index contributed by atoms with van der Waals surface area (Å²) >= 11 is 1.57. The summed E-state index contributed by atoms with van der Waals surface area (Å²) in [7, 11) is 0. The number of carbonyl (C=O) groups excluding carboxylic acids is 2. The molecule has 1 aromatic heterocycles. The minimum absolute atomic E-state index is 0.0203. The maximum absolute atomic E-state index is 13.2. The van der Waals surface area contributed by atoms with Gasteiger partial charge in [0.15, 0.2) is 0 Å². The second kappa shape index (κ2) is 7.21. The first-order valence-corrected chi connectivity index (χ1v) is 9.90. The van der Waals surface area contributed by atoms with Crippen molar-refractivity contribution in [2.24, 2.45) is 0 Å². The minimum Gasteiger partial charge on any atom is -0.396 e. The van der Waals surface area contributed by atoms with Crippen molar-refractivity contribution in [2.45, 2.75) is 31.2 Å². The van der Waals surface area contributed by atoms with E-state index in [4.69, 9.17) is 0 Å². The molecule has 2 aromatic rings. The Morgan fingerprint density at radius 1 is 1.19 bits per heavy atom. The van der Waals surface area contributed by atoms with Crippen LogP contribution < -0.4 is 4.90 Å². The van der Waals surface area contributed by atoms with Crippen molar-refractivity contribution in [1.29, 1.82) is 0 Å². The Morgan fingerprint density at radius 2 is 2.04 bits per heavy atom. The molecule has 2 atom stereocenters. The highest BCUT2D eigenvalue weighted by atomic mass is 32.1. The van der Waals surface area contributed by atoms with Crippen molar-refractivity contribution < 1.29 is 14.7 Å². The first kappa shape index (κ1) is 17.2. The lowest BCUT2D eigenvalue weighted by Crippen LogP contribution is -2.48. The quantitative estimate of drug-likeness (QED) is 0.899. The summed E-state index contributed by atoms with van der Waals surface area (Å²) in [5.41, 5.74) is 1.88. The first-order valence-electron chi connectivity index (χ1n) is 9.02. The molecule has 1 saturated heterocycles. The number of benzene rings is 1. The van der Waals surface area contributed by atoms with Crippen LogP contribution in [0.5, 0.6) is 0 Å². The van der Waals surface area contributed by atoms with Gasteiger partial charge in [-0.2, -0.15) is 0 Å². The zero-order chi connectivity index (χ0) is 18.1. The molecule has 2 amide bonds. The number of likely N-dealkylation sites (tertiary alicyclic amines) is 1. The molecule has 0 saturated carbocycles. The zero-order valence-corrected chi connectivity index (χ0v) is 15.3. The number of para-hydroxylation sites is 1. The van der Waals surface area contributed by atoms with Crippen molar-refractivity contribution in [3.8, 4) is 0 Å². The summed E-state index contributed by atoms with van der Waals surface area (Å²) in [6, 6.07) is 11.2. The fraction of sp³-hybridized carbons (Fsp3) is 0.400. The van der Waals surface area contributed by atoms with Crippen molar-refractivity contribution in [2.75, 3.05) is 24.6 Å². The van der Waals surface area contributed by atoms with Gasteiger partial charge < -0.3 is 14.9 Å². The number of hydrogen-bond acceptors (Lipinski definition) is 4. The monoisotopic (exact) mass is 370 g/mol. The maximum Gasteiger partial charge on any atom is 0.249 e. The van der Waals surface area contributed by atoms with Gasteiger partial charge in [-0.15, -0.1) is 11.3 Å². The lowest BCUT2D eigenvalue weighted by Gasteiger charge is -2.28. The average molecular weight is 370 g/mol. The molecule has 0 aliphatic carbocycles. The van der Waals surface area contributed by atoms with Gasteiger partial charge in [0.2, 0.25) is 11.8 Å². The first-order chi connectivity index (χ1) is 12.7. The number of carbonyl (C=O) groups is 2. The summed E-state index contributed by atoms with van der Waals surface area (Å²) < 4.78 is 0. The van der Waals surface area contributed by atoms with Crippen LogP contribution in [0.3, 0.4) is 0 Å². The van der Waals surface area contributed by atoms with Gasteiger partial charge >= 0.3 is 0 Å². The third kappa shape index (κ3) is 3.04. The fourth-order valence-corrected chi connectivity index (χ4v) is 4.72. The number of rotatable bonds is 4. The molecular weight excluding hydrogens is 348 g/mol. The third-order valence-electron chi connectivity index (χ3n) is 5.32. The SMILES string of the molecule is O=C(C1CCCN1C(=O)Cc1cccs1)N1CC(CO)c2ccccc21. The summed E-state index contributed by atoms with van der Waals surface area (Å²) in [5.74, 6) is -0.0493. The molecule has 2 aliphatic heterocycles. The highest BCUT2D eigenvalue weighted by Gasteiger charge is 2.40. The van der Waals surface area contributed by atoms with E-state index in [2.05, 4.69) is 0 Å². The van der Waals surface area contributed by atoms with Crippen molar-refractivity contribution in [1.82, 2.24) is 4.90 Å². The highest BCUT2D eigenvalue weighted by molar-refractivity contribution is 7.10. The van der Waals surface area contributed by atoms with Crippen molar-refractivity contribution in [3.05, 3.63) is 52.2 Å². The lowest BCUT2D eigenvalue weighted by molar-refractivity contribution is -0.136. The number of fused-ring (bicyclic) bond motifs is 1. The standard InChI is InChI=1S/C20H22N2O3S/c23-13-14-12-22(17-7-2-1-6-16(14)17)20(25)18-8-3-9-21(18)19(24)11-15-5-4-10-26-15/h1-2,4-7,10,14,18,23H,3,8-9,11-13H2. The number of amides is 2. The molecule has 4 rings (SSSR count). The molecule has 1 aromatic carbocycles.